The van der Waals surface area contributed by atoms with Crippen LogP contribution in [-0.2, 0) is 0 Å². The molecule has 0 unspecified atom stereocenters. The largest absolute Gasteiger partial charge is 0.459 e. The number of aryl methyl sites for hydroxylation is 1. The van der Waals surface area contributed by atoms with Crippen molar-refractivity contribution in [3.8, 4) is 0 Å². The summed E-state index contributed by atoms with van der Waals surface area (Å²) in [6, 6.07) is 3.88. The lowest BCUT2D eigenvalue weighted by molar-refractivity contribution is 0.531. The summed E-state index contributed by atoms with van der Waals surface area (Å²) in [6.07, 6.45) is 2.28. The molecule has 1 heterocycles. The van der Waals surface area contributed by atoms with Gasteiger partial charge in [-0.2, -0.15) is 0 Å². The molecule has 3 heteroatoms. The molecule has 0 radical (unpaired) electrons. The first-order valence-corrected chi connectivity index (χ1v) is 6.60. The predicted molar refractivity (Wildman–Crippen MR) is 71.6 cm³/mol. The van der Waals surface area contributed by atoms with E-state index in [4.69, 9.17) is 4.42 Å². The molecule has 1 aromatic carbocycles. The van der Waals surface area contributed by atoms with Crippen molar-refractivity contribution in [3.05, 3.63) is 43.7 Å². The minimum atomic E-state index is 0.109. The highest BCUT2D eigenvalue weighted by molar-refractivity contribution is 9.10. The molecule has 88 valence electrons. The summed E-state index contributed by atoms with van der Waals surface area (Å²) in [7, 11) is 0. The van der Waals surface area contributed by atoms with Gasteiger partial charge in [0.05, 0.1) is 9.86 Å². The molecule has 1 saturated carbocycles. The number of hydrogen-bond acceptors (Lipinski definition) is 2. The number of hydrogen-bond donors (Lipinski definition) is 0. The van der Waals surface area contributed by atoms with Gasteiger partial charge in [0.1, 0.15) is 5.76 Å². The van der Waals surface area contributed by atoms with Crippen LogP contribution in [0.1, 0.15) is 35.6 Å². The smallest absolute Gasteiger partial charge is 0.195 e. The Hall–Kier alpha value is -1.09. The van der Waals surface area contributed by atoms with Gasteiger partial charge >= 0.3 is 0 Å². The maximum atomic E-state index is 12.3. The second-order valence-corrected chi connectivity index (χ2v) is 5.67. The Labute approximate surface area is 108 Å². The van der Waals surface area contributed by atoms with E-state index in [0.717, 1.165) is 34.2 Å². The Morgan fingerprint density at radius 1 is 1.29 bits per heavy atom. The van der Waals surface area contributed by atoms with E-state index in [0.29, 0.717) is 16.9 Å². The number of halogens is 1. The van der Waals surface area contributed by atoms with E-state index < -0.39 is 0 Å². The summed E-state index contributed by atoms with van der Waals surface area (Å²) in [5.41, 5.74) is 2.64. The molecule has 0 bridgehead atoms. The SMILES string of the molecule is Cc1cc(Br)c2oc(C3CC3)c(C)c(=O)c2c1. The average Bonchev–Trinajstić information content (AvgIpc) is 3.08. The monoisotopic (exact) mass is 292 g/mol. The molecule has 0 atom stereocenters. The Bertz CT molecular complexity index is 666. The fraction of sp³-hybridized carbons (Fsp3) is 0.357. The van der Waals surface area contributed by atoms with E-state index in [-0.39, 0.29) is 5.43 Å². The van der Waals surface area contributed by atoms with Gasteiger partial charge in [0.25, 0.3) is 0 Å². The van der Waals surface area contributed by atoms with Crippen molar-refractivity contribution in [2.24, 2.45) is 0 Å². The first-order chi connectivity index (χ1) is 8.08. The number of rotatable bonds is 1. The van der Waals surface area contributed by atoms with E-state index in [1.807, 2.05) is 26.0 Å². The van der Waals surface area contributed by atoms with Crippen LogP contribution in [0.25, 0.3) is 11.0 Å². The maximum absolute atomic E-state index is 12.3. The summed E-state index contributed by atoms with van der Waals surface area (Å²) in [5, 5.41) is 0.679. The summed E-state index contributed by atoms with van der Waals surface area (Å²) in [6.45, 7) is 3.85. The van der Waals surface area contributed by atoms with E-state index in [1.54, 1.807) is 0 Å². The van der Waals surface area contributed by atoms with Crippen LogP contribution in [0.15, 0.2) is 25.8 Å². The van der Waals surface area contributed by atoms with Gasteiger partial charge in [-0.05, 0) is 60.3 Å². The minimum Gasteiger partial charge on any atom is -0.459 e. The normalized spacial score (nSPS) is 15.5. The standard InChI is InChI=1S/C14H13BrO2/c1-7-5-10-12(16)8(2)13(9-3-4-9)17-14(10)11(15)6-7/h5-6,9H,3-4H2,1-2H3. The van der Waals surface area contributed by atoms with Gasteiger partial charge in [-0.3, -0.25) is 4.79 Å². The predicted octanol–water partition coefficient (Wildman–Crippen LogP) is 4.05. The Morgan fingerprint density at radius 2 is 2.00 bits per heavy atom. The molecular weight excluding hydrogens is 280 g/mol. The quantitative estimate of drug-likeness (QED) is 0.794. The first kappa shape index (κ1) is 11.0. The lowest BCUT2D eigenvalue weighted by atomic mass is 10.1. The molecule has 2 aromatic rings. The lowest BCUT2D eigenvalue weighted by Gasteiger charge is -2.07. The van der Waals surface area contributed by atoms with Gasteiger partial charge in [0, 0.05) is 11.5 Å². The van der Waals surface area contributed by atoms with Crippen LogP contribution in [-0.4, -0.2) is 0 Å². The lowest BCUT2D eigenvalue weighted by Crippen LogP contribution is -2.09. The van der Waals surface area contributed by atoms with Crippen molar-refractivity contribution in [1.29, 1.82) is 0 Å². The van der Waals surface area contributed by atoms with E-state index in [9.17, 15) is 4.79 Å². The Morgan fingerprint density at radius 3 is 2.65 bits per heavy atom. The van der Waals surface area contributed by atoms with Crippen molar-refractivity contribution in [2.45, 2.75) is 32.6 Å². The summed E-state index contributed by atoms with van der Waals surface area (Å²) in [5.74, 6) is 1.34. The fourth-order valence-electron chi connectivity index (χ4n) is 2.24. The van der Waals surface area contributed by atoms with Crippen LogP contribution >= 0.6 is 15.9 Å². The van der Waals surface area contributed by atoms with Crippen LogP contribution in [0, 0.1) is 13.8 Å². The zero-order valence-corrected chi connectivity index (χ0v) is 11.4. The minimum absolute atomic E-state index is 0.109. The number of fused-ring (bicyclic) bond motifs is 1. The van der Waals surface area contributed by atoms with Crippen molar-refractivity contribution in [2.75, 3.05) is 0 Å². The summed E-state index contributed by atoms with van der Waals surface area (Å²) < 4.78 is 6.80. The van der Waals surface area contributed by atoms with Gasteiger partial charge < -0.3 is 4.42 Å². The number of benzene rings is 1. The van der Waals surface area contributed by atoms with Gasteiger partial charge in [-0.25, -0.2) is 0 Å². The zero-order valence-electron chi connectivity index (χ0n) is 9.84. The molecule has 0 amide bonds. The zero-order chi connectivity index (χ0) is 12.2. The Balaban J connectivity index is 2.43. The van der Waals surface area contributed by atoms with Crippen molar-refractivity contribution >= 4 is 26.9 Å². The van der Waals surface area contributed by atoms with Crippen molar-refractivity contribution in [3.63, 3.8) is 0 Å². The van der Waals surface area contributed by atoms with E-state index in [2.05, 4.69) is 15.9 Å². The molecule has 0 spiro atoms. The molecule has 17 heavy (non-hydrogen) atoms. The van der Waals surface area contributed by atoms with Crippen LogP contribution in [0.5, 0.6) is 0 Å². The highest BCUT2D eigenvalue weighted by Crippen LogP contribution is 2.42. The molecule has 2 nitrogen and oxygen atoms in total. The van der Waals surface area contributed by atoms with Crippen molar-refractivity contribution < 1.29 is 4.42 Å². The second kappa shape index (κ2) is 3.70. The molecule has 0 aliphatic heterocycles. The first-order valence-electron chi connectivity index (χ1n) is 5.81. The Kier molecular flexibility index (Phi) is 2.40. The molecule has 1 fully saturated rings. The van der Waals surface area contributed by atoms with Gasteiger partial charge in [0.15, 0.2) is 11.0 Å². The van der Waals surface area contributed by atoms with E-state index >= 15 is 0 Å². The van der Waals surface area contributed by atoms with Crippen LogP contribution < -0.4 is 5.43 Å². The topological polar surface area (TPSA) is 30.2 Å². The van der Waals surface area contributed by atoms with Gasteiger partial charge in [-0.1, -0.05) is 0 Å². The molecule has 1 aromatic heterocycles. The van der Waals surface area contributed by atoms with E-state index in [1.165, 1.54) is 0 Å². The van der Waals surface area contributed by atoms with Crippen LogP contribution in [0.4, 0.5) is 0 Å². The molecule has 0 saturated heterocycles. The van der Waals surface area contributed by atoms with Crippen molar-refractivity contribution in [1.82, 2.24) is 0 Å². The third-order valence-corrected chi connectivity index (χ3v) is 3.89. The van der Waals surface area contributed by atoms with Gasteiger partial charge in [0.2, 0.25) is 0 Å². The maximum Gasteiger partial charge on any atom is 0.195 e. The van der Waals surface area contributed by atoms with Crippen LogP contribution in [0.2, 0.25) is 0 Å². The summed E-state index contributed by atoms with van der Waals surface area (Å²) >= 11 is 3.48. The van der Waals surface area contributed by atoms with Crippen LogP contribution in [0.3, 0.4) is 0 Å². The molecular formula is C14H13BrO2. The van der Waals surface area contributed by atoms with Gasteiger partial charge in [-0.15, -0.1) is 0 Å². The highest BCUT2D eigenvalue weighted by Gasteiger charge is 2.29. The third-order valence-electron chi connectivity index (χ3n) is 3.30. The molecule has 1 aliphatic carbocycles. The summed E-state index contributed by atoms with van der Waals surface area (Å²) in [4.78, 5) is 12.3. The molecule has 0 N–H and O–H groups in total. The molecule has 3 rings (SSSR count). The second-order valence-electron chi connectivity index (χ2n) is 4.82. The third kappa shape index (κ3) is 1.73. The fourth-order valence-corrected chi connectivity index (χ4v) is 2.89. The average molecular weight is 293 g/mol. The highest BCUT2D eigenvalue weighted by atomic mass is 79.9. The molecule has 1 aliphatic rings.